The van der Waals surface area contributed by atoms with E-state index in [9.17, 15) is 10.5 Å². The Hall–Kier alpha value is -6.31. The lowest BCUT2D eigenvalue weighted by Gasteiger charge is -2.23. The molecule has 0 bridgehead atoms. The molecular weight excluding hydrogens is 774 g/mol. The first-order chi connectivity index (χ1) is 28.8. The van der Waals surface area contributed by atoms with E-state index >= 15 is 13.2 Å². The number of aromatic nitrogens is 2. The highest BCUT2D eigenvalue weighted by Crippen LogP contribution is 2.45. The van der Waals surface area contributed by atoms with E-state index in [4.69, 9.17) is 0 Å². The molecular formula is C55H53F3N4. The third-order valence-electron chi connectivity index (χ3n) is 12.5. The number of halogens is 3. The monoisotopic (exact) mass is 826 g/mol. The summed E-state index contributed by atoms with van der Waals surface area (Å²) in [4.78, 5) is 0. The number of nitriles is 2. The summed E-state index contributed by atoms with van der Waals surface area (Å²) in [6.45, 7) is 25.9. The molecule has 0 atom stereocenters. The van der Waals surface area contributed by atoms with Crippen LogP contribution in [0.1, 0.15) is 122 Å². The second kappa shape index (κ2) is 14.1. The summed E-state index contributed by atoms with van der Waals surface area (Å²) >= 11 is 0. The topological polar surface area (TPSA) is 57.4 Å². The summed E-state index contributed by atoms with van der Waals surface area (Å²) in [6, 6.07) is 37.4. The molecule has 0 N–H and O–H groups in total. The maximum atomic E-state index is 15.2. The SMILES string of the molecule is CC(C)(C)c1ccc2c3ccc(C(C)(C)C)cc3n(-c3cc(-c4ccc(C#N)cc4C(F)(F)F)cc(-n4c5cc(C(C)(C)C)ccc5c5ccc(C(C)(C)C)cc54)c3C#N)c2c1. The van der Waals surface area contributed by atoms with Crippen LogP contribution in [0.15, 0.2) is 103 Å². The molecule has 0 aliphatic heterocycles. The van der Waals surface area contributed by atoms with E-state index in [-0.39, 0.29) is 38.4 Å². The molecule has 0 amide bonds. The van der Waals surface area contributed by atoms with Crippen molar-refractivity contribution in [1.29, 1.82) is 10.5 Å². The first kappa shape index (κ1) is 42.4. The van der Waals surface area contributed by atoms with Gasteiger partial charge in [0, 0.05) is 21.5 Å². The number of benzene rings is 6. The molecule has 8 rings (SSSR count). The first-order valence-corrected chi connectivity index (χ1v) is 21.2. The van der Waals surface area contributed by atoms with Crippen LogP contribution >= 0.6 is 0 Å². The molecule has 8 aromatic rings. The molecule has 0 unspecified atom stereocenters. The number of rotatable bonds is 3. The van der Waals surface area contributed by atoms with Crippen molar-refractivity contribution in [1.82, 2.24) is 9.13 Å². The fourth-order valence-corrected chi connectivity index (χ4v) is 8.76. The minimum absolute atomic E-state index is 0.0819. The largest absolute Gasteiger partial charge is 0.417 e. The summed E-state index contributed by atoms with van der Waals surface area (Å²) < 4.78 is 49.9. The maximum absolute atomic E-state index is 15.2. The van der Waals surface area contributed by atoms with Crippen molar-refractivity contribution in [3.8, 4) is 34.6 Å². The summed E-state index contributed by atoms with van der Waals surface area (Å²) in [5.41, 5.74) is 7.25. The van der Waals surface area contributed by atoms with Crippen LogP contribution in [0.2, 0.25) is 0 Å². The van der Waals surface area contributed by atoms with Gasteiger partial charge in [-0.3, -0.25) is 0 Å². The van der Waals surface area contributed by atoms with Crippen LogP contribution in [-0.4, -0.2) is 9.13 Å². The van der Waals surface area contributed by atoms with Crippen molar-refractivity contribution in [3.63, 3.8) is 0 Å². The second-order valence-electron chi connectivity index (χ2n) is 21.0. The van der Waals surface area contributed by atoms with Crippen LogP contribution in [0.3, 0.4) is 0 Å². The number of hydrogen-bond donors (Lipinski definition) is 0. The molecule has 2 aromatic heterocycles. The van der Waals surface area contributed by atoms with Gasteiger partial charge in [0.1, 0.15) is 11.6 Å². The van der Waals surface area contributed by atoms with Gasteiger partial charge in [0.2, 0.25) is 0 Å². The van der Waals surface area contributed by atoms with Crippen LogP contribution in [0.4, 0.5) is 13.2 Å². The Morgan fingerprint density at radius 2 is 0.758 bits per heavy atom. The molecule has 0 radical (unpaired) electrons. The molecule has 2 heterocycles. The maximum Gasteiger partial charge on any atom is 0.417 e. The van der Waals surface area contributed by atoms with E-state index in [0.29, 0.717) is 16.9 Å². The van der Waals surface area contributed by atoms with Gasteiger partial charge in [0.25, 0.3) is 0 Å². The molecule has 7 heteroatoms. The Balaban J connectivity index is 1.64. The van der Waals surface area contributed by atoms with Gasteiger partial charge in [-0.2, -0.15) is 23.7 Å². The highest BCUT2D eigenvalue weighted by atomic mass is 19.4. The molecule has 0 aliphatic carbocycles. The summed E-state index contributed by atoms with van der Waals surface area (Å²) in [5.74, 6) is 0. The Morgan fingerprint density at radius 3 is 1.03 bits per heavy atom. The lowest BCUT2D eigenvalue weighted by molar-refractivity contribution is -0.137. The lowest BCUT2D eigenvalue weighted by atomic mass is 9.86. The highest BCUT2D eigenvalue weighted by molar-refractivity contribution is 6.12. The standard InChI is InChI=1S/C55H53F3N4/c1-51(2,3)34-14-19-39-40-20-15-35(52(4,5)6)27-48(40)61(47(39)26-34)45-24-33(38-18-13-32(30-59)23-44(38)55(56,57)58)25-46(43(45)31-60)62-49-28-36(53(7,8)9)16-21-41(49)42-22-17-37(29-50(42)62)54(10,11)12/h13-29H,1-12H3. The Kier molecular flexibility index (Phi) is 9.65. The van der Waals surface area contributed by atoms with Crippen molar-refractivity contribution >= 4 is 43.6 Å². The Morgan fingerprint density at radius 1 is 0.419 bits per heavy atom. The van der Waals surface area contributed by atoms with Gasteiger partial charge < -0.3 is 9.13 Å². The van der Waals surface area contributed by atoms with Crippen molar-refractivity contribution in [2.45, 2.75) is 111 Å². The molecule has 62 heavy (non-hydrogen) atoms. The third kappa shape index (κ3) is 7.12. The minimum Gasteiger partial charge on any atom is -0.308 e. The predicted octanol–water partition coefficient (Wildman–Crippen LogP) is 15.5. The molecule has 314 valence electrons. The van der Waals surface area contributed by atoms with E-state index < -0.39 is 11.7 Å². The zero-order valence-corrected chi connectivity index (χ0v) is 37.7. The van der Waals surface area contributed by atoms with E-state index in [0.717, 1.165) is 71.9 Å². The van der Waals surface area contributed by atoms with Crippen LogP contribution in [0.25, 0.3) is 66.1 Å². The zero-order valence-electron chi connectivity index (χ0n) is 37.7. The van der Waals surface area contributed by atoms with Crippen LogP contribution in [0.5, 0.6) is 0 Å². The fourth-order valence-electron chi connectivity index (χ4n) is 8.76. The van der Waals surface area contributed by atoms with Crippen molar-refractivity contribution in [3.05, 3.63) is 142 Å². The smallest absolute Gasteiger partial charge is 0.308 e. The van der Waals surface area contributed by atoms with Crippen molar-refractivity contribution in [2.24, 2.45) is 0 Å². The Labute approximate surface area is 362 Å². The molecule has 0 spiro atoms. The second-order valence-corrected chi connectivity index (χ2v) is 21.0. The van der Waals surface area contributed by atoms with E-state index in [1.807, 2.05) is 6.07 Å². The highest BCUT2D eigenvalue weighted by Gasteiger charge is 2.35. The van der Waals surface area contributed by atoms with Gasteiger partial charge >= 0.3 is 6.18 Å². The van der Waals surface area contributed by atoms with Crippen LogP contribution in [0, 0.1) is 22.7 Å². The molecule has 0 saturated carbocycles. The van der Waals surface area contributed by atoms with E-state index in [2.05, 4.69) is 171 Å². The average molecular weight is 827 g/mol. The molecule has 0 fully saturated rings. The number of fused-ring (bicyclic) bond motifs is 6. The van der Waals surface area contributed by atoms with Crippen molar-refractivity contribution in [2.75, 3.05) is 0 Å². The molecule has 6 aromatic carbocycles. The number of nitrogens with zero attached hydrogens (tertiary/aromatic N) is 4. The van der Waals surface area contributed by atoms with Crippen LogP contribution in [-0.2, 0) is 27.8 Å². The average Bonchev–Trinajstić information content (AvgIpc) is 3.69. The van der Waals surface area contributed by atoms with Crippen molar-refractivity contribution < 1.29 is 13.2 Å². The minimum atomic E-state index is -4.78. The van der Waals surface area contributed by atoms with Gasteiger partial charge in [-0.25, -0.2) is 0 Å². The summed E-state index contributed by atoms with van der Waals surface area (Å²) in [6.07, 6.45) is -4.78. The Bertz CT molecular complexity index is 2910. The number of hydrogen-bond acceptors (Lipinski definition) is 2. The summed E-state index contributed by atoms with van der Waals surface area (Å²) in [5, 5.41) is 25.3. The quantitative estimate of drug-likeness (QED) is 0.178. The van der Waals surface area contributed by atoms with Gasteiger partial charge in [-0.05, 0) is 104 Å². The number of alkyl halides is 3. The van der Waals surface area contributed by atoms with Gasteiger partial charge in [0.15, 0.2) is 0 Å². The predicted molar refractivity (Wildman–Crippen MR) is 250 cm³/mol. The molecule has 0 saturated heterocycles. The van der Waals surface area contributed by atoms with Crippen LogP contribution < -0.4 is 0 Å². The molecule has 0 aliphatic rings. The van der Waals surface area contributed by atoms with E-state index in [1.54, 1.807) is 12.1 Å². The summed E-state index contributed by atoms with van der Waals surface area (Å²) in [7, 11) is 0. The first-order valence-electron chi connectivity index (χ1n) is 21.2. The van der Waals surface area contributed by atoms with Gasteiger partial charge in [-0.15, -0.1) is 0 Å². The third-order valence-corrected chi connectivity index (χ3v) is 12.5. The normalized spacial score (nSPS) is 13.0. The van der Waals surface area contributed by atoms with Gasteiger partial charge in [0.05, 0.1) is 50.6 Å². The zero-order chi connectivity index (χ0) is 45.1. The fraction of sp³-hybridized carbons (Fsp3) is 0.309. The van der Waals surface area contributed by atoms with E-state index in [1.165, 1.54) is 12.1 Å². The molecule has 4 nitrogen and oxygen atoms in total. The van der Waals surface area contributed by atoms with Gasteiger partial charge in [-0.1, -0.05) is 138 Å². The lowest BCUT2D eigenvalue weighted by Crippen LogP contribution is -2.13.